The minimum absolute atomic E-state index is 0.161. The summed E-state index contributed by atoms with van der Waals surface area (Å²) in [7, 11) is 0. The maximum atomic E-state index is 10.4. The van der Waals surface area contributed by atoms with Crippen molar-refractivity contribution in [2.24, 2.45) is 11.8 Å². The van der Waals surface area contributed by atoms with E-state index in [9.17, 15) is 10.2 Å². The molecule has 0 radical (unpaired) electrons. The van der Waals surface area contributed by atoms with Gasteiger partial charge in [-0.2, -0.15) is 0 Å². The summed E-state index contributed by atoms with van der Waals surface area (Å²) in [6.45, 7) is 3.89. The summed E-state index contributed by atoms with van der Waals surface area (Å²) in [5.41, 5.74) is 1.98. The molecule has 3 heteroatoms. The standard InChI is InChI=1S/C17H22O3/c1-2-11-3-5-12(6-4-11)15(19)9-13-14(10-18)17-8-7-16(13)20-17/h2-6,13-19H,1,7-10H2. The van der Waals surface area contributed by atoms with Crippen LogP contribution in [-0.4, -0.2) is 29.0 Å². The van der Waals surface area contributed by atoms with Crippen LogP contribution in [0.25, 0.3) is 6.08 Å². The zero-order chi connectivity index (χ0) is 14.1. The molecule has 1 aromatic carbocycles. The molecule has 2 N–H and O–H groups in total. The van der Waals surface area contributed by atoms with Crippen LogP contribution in [-0.2, 0) is 4.74 Å². The van der Waals surface area contributed by atoms with Gasteiger partial charge in [0.15, 0.2) is 0 Å². The Morgan fingerprint density at radius 3 is 2.45 bits per heavy atom. The molecule has 2 heterocycles. The number of benzene rings is 1. The molecule has 2 aliphatic heterocycles. The molecule has 0 amide bonds. The number of rotatable bonds is 5. The fourth-order valence-electron chi connectivity index (χ4n) is 3.70. The first-order chi connectivity index (χ1) is 9.72. The summed E-state index contributed by atoms with van der Waals surface area (Å²) in [4.78, 5) is 0. The van der Waals surface area contributed by atoms with Crippen molar-refractivity contribution in [3.8, 4) is 0 Å². The van der Waals surface area contributed by atoms with Gasteiger partial charge in [-0.15, -0.1) is 0 Å². The van der Waals surface area contributed by atoms with Gasteiger partial charge < -0.3 is 14.9 Å². The summed E-state index contributed by atoms with van der Waals surface area (Å²) < 4.78 is 5.88. The second-order valence-electron chi connectivity index (χ2n) is 5.92. The smallest absolute Gasteiger partial charge is 0.0793 e. The molecule has 0 spiro atoms. The van der Waals surface area contributed by atoms with Gasteiger partial charge in [0.2, 0.25) is 0 Å². The second-order valence-corrected chi connectivity index (χ2v) is 5.92. The molecule has 1 aromatic rings. The molecule has 0 aliphatic carbocycles. The molecular formula is C17H22O3. The van der Waals surface area contributed by atoms with Crippen LogP contribution in [0.15, 0.2) is 30.8 Å². The quantitative estimate of drug-likeness (QED) is 0.867. The normalized spacial score (nSPS) is 33.3. The molecule has 20 heavy (non-hydrogen) atoms. The molecule has 2 bridgehead atoms. The van der Waals surface area contributed by atoms with Gasteiger partial charge in [0, 0.05) is 12.5 Å². The zero-order valence-corrected chi connectivity index (χ0v) is 11.6. The van der Waals surface area contributed by atoms with Crippen molar-refractivity contribution in [1.29, 1.82) is 0 Å². The lowest BCUT2D eigenvalue weighted by Crippen LogP contribution is -2.31. The van der Waals surface area contributed by atoms with Gasteiger partial charge in [0.1, 0.15) is 0 Å². The minimum atomic E-state index is -0.490. The van der Waals surface area contributed by atoms with Gasteiger partial charge in [-0.05, 0) is 36.3 Å². The van der Waals surface area contributed by atoms with E-state index in [4.69, 9.17) is 4.74 Å². The van der Waals surface area contributed by atoms with Gasteiger partial charge in [-0.25, -0.2) is 0 Å². The topological polar surface area (TPSA) is 49.7 Å². The van der Waals surface area contributed by atoms with Crippen molar-refractivity contribution in [3.05, 3.63) is 42.0 Å². The molecule has 2 saturated heterocycles. The summed E-state index contributed by atoms with van der Waals surface area (Å²) in [5, 5.41) is 20.0. The Bertz CT molecular complexity index is 468. The van der Waals surface area contributed by atoms with E-state index in [1.807, 2.05) is 24.3 Å². The first kappa shape index (κ1) is 13.8. The summed E-state index contributed by atoms with van der Waals surface area (Å²) in [5.74, 6) is 0.462. The van der Waals surface area contributed by atoms with Gasteiger partial charge in [-0.1, -0.05) is 36.9 Å². The summed E-state index contributed by atoms with van der Waals surface area (Å²) in [6.07, 6.45) is 4.51. The predicted molar refractivity (Wildman–Crippen MR) is 78.1 cm³/mol. The summed E-state index contributed by atoms with van der Waals surface area (Å²) in [6, 6.07) is 7.83. The van der Waals surface area contributed by atoms with E-state index in [1.165, 1.54) is 0 Å². The first-order valence-electron chi connectivity index (χ1n) is 7.39. The average molecular weight is 274 g/mol. The average Bonchev–Trinajstić information content (AvgIpc) is 3.08. The molecule has 5 atom stereocenters. The Labute approximate surface area is 119 Å². The van der Waals surface area contributed by atoms with Gasteiger partial charge in [0.05, 0.1) is 18.3 Å². The molecule has 0 saturated carbocycles. The Hall–Kier alpha value is -1.16. The first-order valence-corrected chi connectivity index (χ1v) is 7.39. The van der Waals surface area contributed by atoms with Crippen LogP contribution in [0.2, 0.25) is 0 Å². The Morgan fingerprint density at radius 1 is 1.20 bits per heavy atom. The summed E-state index contributed by atoms with van der Waals surface area (Å²) >= 11 is 0. The second kappa shape index (κ2) is 5.68. The largest absolute Gasteiger partial charge is 0.396 e. The maximum absolute atomic E-state index is 10.4. The Kier molecular flexibility index (Phi) is 3.92. The highest BCUT2D eigenvalue weighted by atomic mass is 16.5. The van der Waals surface area contributed by atoms with Crippen LogP contribution in [0.3, 0.4) is 0 Å². The zero-order valence-electron chi connectivity index (χ0n) is 11.6. The molecule has 0 aromatic heterocycles. The predicted octanol–water partition coefficient (Wildman–Crippen LogP) is 2.54. The van der Waals surface area contributed by atoms with Crippen LogP contribution in [0.5, 0.6) is 0 Å². The fourth-order valence-corrected chi connectivity index (χ4v) is 3.70. The lowest BCUT2D eigenvalue weighted by Gasteiger charge is -2.28. The lowest BCUT2D eigenvalue weighted by molar-refractivity contribution is 0.0742. The van der Waals surface area contributed by atoms with E-state index in [2.05, 4.69) is 6.58 Å². The van der Waals surface area contributed by atoms with E-state index in [-0.39, 0.29) is 30.7 Å². The third kappa shape index (κ3) is 2.41. The monoisotopic (exact) mass is 274 g/mol. The molecule has 2 fully saturated rings. The maximum Gasteiger partial charge on any atom is 0.0793 e. The fraction of sp³-hybridized carbons (Fsp3) is 0.529. The number of ether oxygens (including phenoxy) is 1. The molecular weight excluding hydrogens is 252 g/mol. The lowest BCUT2D eigenvalue weighted by atomic mass is 9.76. The molecule has 108 valence electrons. The number of aliphatic hydroxyl groups excluding tert-OH is 2. The van der Waals surface area contributed by atoms with E-state index in [0.717, 1.165) is 24.0 Å². The van der Waals surface area contributed by atoms with Crippen molar-refractivity contribution in [2.45, 2.75) is 37.6 Å². The van der Waals surface area contributed by atoms with Crippen molar-refractivity contribution in [3.63, 3.8) is 0 Å². The highest BCUT2D eigenvalue weighted by Crippen LogP contribution is 2.46. The molecule has 2 aliphatic rings. The van der Waals surface area contributed by atoms with Crippen molar-refractivity contribution in [1.82, 2.24) is 0 Å². The third-order valence-corrected chi connectivity index (χ3v) is 4.85. The van der Waals surface area contributed by atoms with Gasteiger partial charge in [0.25, 0.3) is 0 Å². The van der Waals surface area contributed by atoms with Gasteiger partial charge >= 0.3 is 0 Å². The third-order valence-electron chi connectivity index (χ3n) is 4.85. The van der Waals surface area contributed by atoms with E-state index < -0.39 is 6.10 Å². The van der Waals surface area contributed by atoms with Crippen molar-refractivity contribution >= 4 is 6.08 Å². The van der Waals surface area contributed by atoms with E-state index in [0.29, 0.717) is 6.42 Å². The number of hydrogen-bond acceptors (Lipinski definition) is 3. The van der Waals surface area contributed by atoms with E-state index >= 15 is 0 Å². The number of aliphatic hydroxyl groups is 2. The van der Waals surface area contributed by atoms with Gasteiger partial charge in [-0.3, -0.25) is 0 Å². The highest BCUT2D eigenvalue weighted by Gasteiger charge is 2.48. The van der Waals surface area contributed by atoms with Crippen molar-refractivity contribution in [2.75, 3.05) is 6.61 Å². The Morgan fingerprint density at radius 2 is 1.85 bits per heavy atom. The van der Waals surface area contributed by atoms with Crippen LogP contribution in [0, 0.1) is 11.8 Å². The number of hydrogen-bond donors (Lipinski definition) is 2. The van der Waals surface area contributed by atoms with Crippen LogP contribution < -0.4 is 0 Å². The molecule has 5 unspecified atom stereocenters. The van der Waals surface area contributed by atoms with Crippen LogP contribution in [0.1, 0.15) is 36.5 Å². The van der Waals surface area contributed by atoms with Crippen LogP contribution >= 0.6 is 0 Å². The van der Waals surface area contributed by atoms with Crippen LogP contribution in [0.4, 0.5) is 0 Å². The van der Waals surface area contributed by atoms with Crippen molar-refractivity contribution < 1.29 is 14.9 Å². The molecule has 3 rings (SSSR count). The molecule has 3 nitrogen and oxygen atoms in total. The van der Waals surface area contributed by atoms with E-state index in [1.54, 1.807) is 6.08 Å². The number of fused-ring (bicyclic) bond motifs is 2. The highest BCUT2D eigenvalue weighted by molar-refractivity contribution is 5.47. The Balaban J connectivity index is 1.68. The SMILES string of the molecule is C=Cc1ccc(C(O)CC2C3CCC(O3)C2CO)cc1. The minimum Gasteiger partial charge on any atom is -0.396 e.